The molecule has 0 radical (unpaired) electrons. The first-order valence-corrected chi connectivity index (χ1v) is 8.37. The van der Waals surface area contributed by atoms with Crippen LogP contribution in [-0.4, -0.2) is 57.8 Å². The van der Waals surface area contributed by atoms with Gasteiger partial charge in [0.15, 0.2) is 0 Å². The average molecular weight is 277 g/mol. The van der Waals surface area contributed by atoms with Gasteiger partial charge in [-0.25, -0.2) is 13.1 Å². The molecule has 1 fully saturated rings. The van der Waals surface area contributed by atoms with E-state index in [4.69, 9.17) is 0 Å². The van der Waals surface area contributed by atoms with Crippen LogP contribution in [0.5, 0.6) is 0 Å². The lowest BCUT2D eigenvalue weighted by molar-refractivity contribution is 0.188. The van der Waals surface area contributed by atoms with Crippen LogP contribution in [0.3, 0.4) is 0 Å². The first-order chi connectivity index (χ1) is 8.30. The fourth-order valence-electron chi connectivity index (χ4n) is 2.30. The van der Waals surface area contributed by atoms with Gasteiger partial charge in [-0.15, -0.1) is 0 Å². The topological polar surface area (TPSA) is 61.4 Å². The summed E-state index contributed by atoms with van der Waals surface area (Å²) in [5.74, 6) is 0.529. The van der Waals surface area contributed by atoms with E-state index in [1.54, 1.807) is 0 Å². The molecule has 0 aromatic rings. The van der Waals surface area contributed by atoms with Gasteiger partial charge in [0.25, 0.3) is 0 Å². The van der Waals surface area contributed by atoms with Crippen molar-refractivity contribution in [3.8, 4) is 0 Å². The Hall–Kier alpha value is -0.170. The van der Waals surface area contributed by atoms with Gasteiger partial charge in [-0.1, -0.05) is 20.8 Å². The molecule has 0 amide bonds. The van der Waals surface area contributed by atoms with Crippen LogP contribution >= 0.6 is 0 Å². The van der Waals surface area contributed by atoms with Gasteiger partial charge in [0, 0.05) is 25.2 Å². The monoisotopic (exact) mass is 277 g/mol. The summed E-state index contributed by atoms with van der Waals surface area (Å²) < 4.78 is 26.7. The van der Waals surface area contributed by atoms with E-state index in [1.165, 1.54) is 0 Å². The van der Waals surface area contributed by atoms with Crippen molar-refractivity contribution in [1.29, 1.82) is 0 Å². The number of rotatable bonds is 6. The average Bonchev–Trinajstić information content (AvgIpc) is 2.21. The van der Waals surface area contributed by atoms with Gasteiger partial charge in [0.05, 0.1) is 5.75 Å². The van der Waals surface area contributed by atoms with E-state index in [9.17, 15) is 8.42 Å². The Kier molecular flexibility index (Phi) is 6.04. The van der Waals surface area contributed by atoms with Crippen LogP contribution in [0.1, 0.15) is 27.2 Å². The summed E-state index contributed by atoms with van der Waals surface area (Å²) in [7, 11) is -1.08. The molecule has 1 heterocycles. The van der Waals surface area contributed by atoms with Crippen LogP contribution in [0.25, 0.3) is 0 Å². The maximum Gasteiger partial charge on any atom is 0.213 e. The predicted octanol–water partition coefficient (Wildman–Crippen LogP) is 0.244. The Labute approximate surface area is 111 Å². The van der Waals surface area contributed by atoms with Crippen molar-refractivity contribution in [3.63, 3.8) is 0 Å². The van der Waals surface area contributed by atoms with E-state index in [-0.39, 0.29) is 11.8 Å². The number of piperidine rings is 1. The normalized spacial score (nSPS) is 26.7. The van der Waals surface area contributed by atoms with Gasteiger partial charge in [0.1, 0.15) is 0 Å². The fourth-order valence-corrected chi connectivity index (χ4v) is 3.62. The number of likely N-dealkylation sites (tertiary alicyclic amines) is 1. The smallest absolute Gasteiger partial charge is 0.213 e. The van der Waals surface area contributed by atoms with E-state index < -0.39 is 10.0 Å². The van der Waals surface area contributed by atoms with Crippen molar-refractivity contribution in [2.75, 3.05) is 32.4 Å². The van der Waals surface area contributed by atoms with Crippen LogP contribution in [0, 0.1) is 5.92 Å². The molecule has 2 N–H and O–H groups in total. The fraction of sp³-hybridized carbons (Fsp3) is 1.00. The molecule has 1 rings (SSSR count). The third kappa shape index (κ3) is 5.65. The lowest BCUT2D eigenvalue weighted by Crippen LogP contribution is -2.50. The van der Waals surface area contributed by atoms with Crippen molar-refractivity contribution in [1.82, 2.24) is 14.9 Å². The molecule has 0 spiro atoms. The molecule has 0 saturated carbocycles. The Morgan fingerprint density at radius 1 is 1.39 bits per heavy atom. The van der Waals surface area contributed by atoms with Crippen LogP contribution in [-0.2, 0) is 10.0 Å². The van der Waals surface area contributed by atoms with Crippen molar-refractivity contribution >= 4 is 10.0 Å². The predicted molar refractivity (Wildman–Crippen MR) is 75.1 cm³/mol. The first kappa shape index (κ1) is 15.9. The van der Waals surface area contributed by atoms with Gasteiger partial charge in [-0.05, 0) is 25.9 Å². The van der Waals surface area contributed by atoms with Gasteiger partial charge in [0.2, 0.25) is 10.0 Å². The van der Waals surface area contributed by atoms with E-state index in [2.05, 4.69) is 28.9 Å². The van der Waals surface area contributed by atoms with E-state index >= 15 is 0 Å². The van der Waals surface area contributed by atoms with E-state index in [0.29, 0.717) is 18.5 Å². The Balaban J connectivity index is 2.40. The summed E-state index contributed by atoms with van der Waals surface area (Å²) in [5.41, 5.74) is 0. The minimum Gasteiger partial charge on any atom is -0.313 e. The van der Waals surface area contributed by atoms with Crippen molar-refractivity contribution in [3.05, 3.63) is 0 Å². The maximum absolute atomic E-state index is 11.9. The molecule has 18 heavy (non-hydrogen) atoms. The Morgan fingerprint density at radius 3 is 2.61 bits per heavy atom. The number of sulfonamides is 1. The maximum atomic E-state index is 11.9. The highest BCUT2D eigenvalue weighted by molar-refractivity contribution is 7.89. The number of nitrogens with one attached hydrogen (secondary N) is 2. The Bertz CT molecular complexity index is 343. The highest BCUT2D eigenvalue weighted by Gasteiger charge is 2.27. The number of nitrogens with zero attached hydrogens (tertiary/aromatic N) is 1. The Morgan fingerprint density at radius 2 is 2.06 bits per heavy atom. The van der Waals surface area contributed by atoms with Gasteiger partial charge >= 0.3 is 0 Å². The zero-order chi connectivity index (χ0) is 13.8. The minimum atomic E-state index is -3.16. The summed E-state index contributed by atoms with van der Waals surface area (Å²) in [4.78, 5) is 2.25. The molecule has 1 saturated heterocycles. The molecule has 5 nitrogen and oxygen atoms in total. The van der Waals surface area contributed by atoms with Crippen molar-refractivity contribution in [2.24, 2.45) is 5.92 Å². The second-order valence-electron chi connectivity index (χ2n) is 5.68. The zero-order valence-electron chi connectivity index (χ0n) is 11.9. The van der Waals surface area contributed by atoms with Crippen LogP contribution in [0.15, 0.2) is 0 Å². The van der Waals surface area contributed by atoms with Gasteiger partial charge < -0.3 is 10.2 Å². The zero-order valence-corrected chi connectivity index (χ0v) is 12.8. The van der Waals surface area contributed by atoms with Crippen molar-refractivity contribution < 1.29 is 8.42 Å². The third-order valence-electron chi connectivity index (χ3n) is 3.36. The molecular weight excluding hydrogens is 250 g/mol. The molecule has 6 heteroatoms. The number of hydrogen-bond acceptors (Lipinski definition) is 4. The highest BCUT2D eigenvalue weighted by Crippen LogP contribution is 2.16. The molecule has 108 valence electrons. The van der Waals surface area contributed by atoms with Crippen LogP contribution < -0.4 is 10.0 Å². The summed E-state index contributed by atoms with van der Waals surface area (Å²) in [5, 5.41) is 3.13. The largest absolute Gasteiger partial charge is 0.313 e. The molecule has 2 unspecified atom stereocenters. The minimum absolute atomic E-state index is 0.0882. The SMILES string of the molecule is CC(C)NCCS(=O)(=O)NC1CCN(C)CC1C. The second-order valence-corrected chi connectivity index (χ2v) is 7.55. The third-order valence-corrected chi connectivity index (χ3v) is 4.77. The summed E-state index contributed by atoms with van der Waals surface area (Å²) in [6.07, 6.45) is 0.897. The number of hydrogen-bond donors (Lipinski definition) is 2. The molecule has 0 aromatic carbocycles. The van der Waals surface area contributed by atoms with Gasteiger partial charge in [-0.2, -0.15) is 0 Å². The lowest BCUT2D eigenvalue weighted by Gasteiger charge is -2.35. The molecule has 2 atom stereocenters. The van der Waals surface area contributed by atoms with E-state index in [1.807, 2.05) is 13.8 Å². The summed E-state index contributed by atoms with van der Waals surface area (Å²) in [6, 6.07) is 0.410. The molecular formula is C12H27N3O2S. The molecule has 1 aliphatic heterocycles. The molecule has 0 aromatic heterocycles. The van der Waals surface area contributed by atoms with Crippen LogP contribution in [0.4, 0.5) is 0 Å². The summed E-state index contributed by atoms with van der Waals surface area (Å²) >= 11 is 0. The van der Waals surface area contributed by atoms with E-state index in [0.717, 1.165) is 19.5 Å². The first-order valence-electron chi connectivity index (χ1n) is 6.72. The second kappa shape index (κ2) is 6.84. The lowest BCUT2D eigenvalue weighted by atomic mass is 9.95. The van der Waals surface area contributed by atoms with Crippen LogP contribution in [0.2, 0.25) is 0 Å². The standard InChI is InChI=1S/C12H27N3O2S/c1-10(2)13-6-8-18(16,17)14-12-5-7-15(4)9-11(12)3/h10-14H,5-9H2,1-4H3. The quantitative estimate of drug-likeness (QED) is 0.730. The summed E-state index contributed by atoms with van der Waals surface area (Å²) in [6.45, 7) is 8.56. The molecule has 1 aliphatic rings. The van der Waals surface area contributed by atoms with Gasteiger partial charge in [-0.3, -0.25) is 0 Å². The van der Waals surface area contributed by atoms with Crippen molar-refractivity contribution in [2.45, 2.75) is 39.3 Å². The molecule has 0 bridgehead atoms. The molecule has 0 aliphatic carbocycles. The highest BCUT2D eigenvalue weighted by atomic mass is 32.2.